The van der Waals surface area contributed by atoms with E-state index in [2.05, 4.69) is 15.3 Å². The summed E-state index contributed by atoms with van der Waals surface area (Å²) in [6, 6.07) is 6.40. The van der Waals surface area contributed by atoms with Crippen molar-refractivity contribution in [1.29, 1.82) is 0 Å². The van der Waals surface area contributed by atoms with Gasteiger partial charge in [-0.3, -0.25) is 4.79 Å². The molecule has 0 bridgehead atoms. The zero-order chi connectivity index (χ0) is 16.8. The van der Waals surface area contributed by atoms with Crippen LogP contribution in [0.4, 0.5) is 5.82 Å². The monoisotopic (exact) mass is 351 g/mol. The van der Waals surface area contributed by atoms with Gasteiger partial charge in [-0.05, 0) is 37.4 Å². The van der Waals surface area contributed by atoms with E-state index >= 15 is 0 Å². The number of pyridine rings is 2. The minimum Gasteiger partial charge on any atom is -0.449 e. The second kappa shape index (κ2) is 7.94. The lowest BCUT2D eigenvalue weighted by molar-refractivity contribution is -0.123. The quantitative estimate of drug-likeness (QED) is 0.658. The Balaban J connectivity index is 2.00. The lowest BCUT2D eigenvalue weighted by Gasteiger charge is -2.14. The molecule has 0 spiro atoms. The summed E-state index contributed by atoms with van der Waals surface area (Å²) >= 11 is 7.05. The smallest absolute Gasteiger partial charge is 0.341 e. The molecule has 8 heteroatoms. The molecule has 2 aromatic rings. The third kappa shape index (κ3) is 4.67. The van der Waals surface area contributed by atoms with Crippen molar-refractivity contribution >= 4 is 41.1 Å². The lowest BCUT2D eigenvalue weighted by Crippen LogP contribution is -2.30. The van der Waals surface area contributed by atoms with Gasteiger partial charge in [0, 0.05) is 12.4 Å². The summed E-state index contributed by atoms with van der Waals surface area (Å²) in [6.07, 6.45) is 3.83. The fraction of sp³-hybridized carbons (Fsp3) is 0.200. The maximum Gasteiger partial charge on any atom is 0.341 e. The molecule has 6 nitrogen and oxygen atoms in total. The highest BCUT2D eigenvalue weighted by Crippen LogP contribution is 2.18. The first-order valence-corrected chi connectivity index (χ1v) is 8.24. The number of halogens is 1. The molecule has 0 fully saturated rings. The predicted molar refractivity (Wildman–Crippen MR) is 88.8 cm³/mol. The van der Waals surface area contributed by atoms with E-state index in [1.807, 2.05) is 0 Å². The number of amides is 1. The summed E-state index contributed by atoms with van der Waals surface area (Å²) in [5, 5.41) is 3.56. The summed E-state index contributed by atoms with van der Waals surface area (Å²) < 4.78 is 5.18. The first-order valence-electron chi connectivity index (χ1n) is 6.63. The number of aromatic nitrogens is 2. The molecule has 0 aliphatic heterocycles. The van der Waals surface area contributed by atoms with E-state index in [0.717, 1.165) is 0 Å². The second-order valence-corrected chi connectivity index (χ2v) is 5.69. The van der Waals surface area contributed by atoms with Crippen LogP contribution < -0.4 is 5.32 Å². The van der Waals surface area contributed by atoms with Gasteiger partial charge in [0.1, 0.15) is 10.8 Å². The standard InChI is InChI=1S/C15H14ClN3O3S/c1-9(13(20)19-12-6-5-10(16)8-18-12)22-15(21)11-4-3-7-17-14(11)23-2/h3-9H,1-2H3,(H,18,19,20). The Kier molecular flexibility index (Phi) is 5.95. The molecule has 0 aliphatic carbocycles. The number of thioether (sulfide) groups is 1. The molecule has 0 aromatic carbocycles. The Bertz CT molecular complexity index is 709. The molecule has 2 aromatic heterocycles. The number of carbonyl (C=O) groups is 2. The van der Waals surface area contributed by atoms with Gasteiger partial charge < -0.3 is 10.1 Å². The normalized spacial score (nSPS) is 11.6. The van der Waals surface area contributed by atoms with Crippen LogP contribution in [0.3, 0.4) is 0 Å². The van der Waals surface area contributed by atoms with Gasteiger partial charge in [0.15, 0.2) is 6.10 Å². The minimum atomic E-state index is -0.977. The van der Waals surface area contributed by atoms with Gasteiger partial charge >= 0.3 is 5.97 Å². The highest BCUT2D eigenvalue weighted by Gasteiger charge is 2.21. The van der Waals surface area contributed by atoms with Crippen molar-refractivity contribution in [2.24, 2.45) is 0 Å². The molecular weight excluding hydrogens is 338 g/mol. The third-order valence-corrected chi connectivity index (χ3v) is 3.75. The largest absolute Gasteiger partial charge is 0.449 e. The molecule has 0 saturated carbocycles. The first-order chi connectivity index (χ1) is 11.0. The SMILES string of the molecule is CSc1ncccc1C(=O)OC(C)C(=O)Nc1ccc(Cl)cn1. The zero-order valence-electron chi connectivity index (χ0n) is 12.4. The Morgan fingerprint density at radius 1 is 1.30 bits per heavy atom. The van der Waals surface area contributed by atoms with Crippen molar-refractivity contribution in [2.45, 2.75) is 18.1 Å². The number of rotatable bonds is 5. The topological polar surface area (TPSA) is 81.2 Å². The number of anilines is 1. The van der Waals surface area contributed by atoms with Gasteiger partial charge in [-0.2, -0.15) is 0 Å². The van der Waals surface area contributed by atoms with Gasteiger partial charge in [0.2, 0.25) is 0 Å². The summed E-state index contributed by atoms with van der Waals surface area (Å²) in [5.41, 5.74) is 0.323. The molecule has 1 N–H and O–H groups in total. The number of nitrogens with one attached hydrogen (secondary N) is 1. The van der Waals surface area contributed by atoms with Crippen molar-refractivity contribution in [3.8, 4) is 0 Å². The van der Waals surface area contributed by atoms with Crippen LogP contribution in [-0.2, 0) is 9.53 Å². The molecule has 0 saturated heterocycles. The minimum absolute atomic E-state index is 0.323. The number of hydrogen-bond donors (Lipinski definition) is 1. The van der Waals surface area contributed by atoms with Crippen molar-refractivity contribution in [1.82, 2.24) is 9.97 Å². The molecule has 120 valence electrons. The van der Waals surface area contributed by atoms with E-state index in [0.29, 0.717) is 21.4 Å². The fourth-order valence-corrected chi connectivity index (χ4v) is 2.31. The van der Waals surface area contributed by atoms with E-state index < -0.39 is 18.0 Å². The molecule has 1 atom stereocenters. The Labute approximate surface area is 142 Å². The maximum absolute atomic E-state index is 12.1. The van der Waals surface area contributed by atoms with E-state index in [9.17, 15) is 9.59 Å². The van der Waals surface area contributed by atoms with Gasteiger partial charge in [-0.15, -0.1) is 11.8 Å². The van der Waals surface area contributed by atoms with Gasteiger partial charge in [0.25, 0.3) is 5.91 Å². The van der Waals surface area contributed by atoms with Crippen LogP contribution in [0.5, 0.6) is 0 Å². The van der Waals surface area contributed by atoms with Crippen molar-refractivity contribution in [3.05, 3.63) is 47.2 Å². The summed E-state index contributed by atoms with van der Waals surface area (Å²) in [5.74, 6) is -0.759. The molecule has 1 unspecified atom stereocenters. The second-order valence-electron chi connectivity index (χ2n) is 4.46. The van der Waals surface area contributed by atoms with Gasteiger partial charge in [0.05, 0.1) is 10.6 Å². The van der Waals surface area contributed by atoms with E-state index in [4.69, 9.17) is 16.3 Å². The highest BCUT2D eigenvalue weighted by molar-refractivity contribution is 7.98. The number of esters is 1. The molecule has 0 aliphatic rings. The van der Waals surface area contributed by atoms with Gasteiger partial charge in [-0.25, -0.2) is 14.8 Å². The fourth-order valence-electron chi connectivity index (χ4n) is 1.66. The van der Waals surface area contributed by atoms with Crippen LogP contribution in [0.1, 0.15) is 17.3 Å². The average molecular weight is 352 g/mol. The van der Waals surface area contributed by atoms with E-state index in [-0.39, 0.29) is 0 Å². The third-order valence-electron chi connectivity index (χ3n) is 2.82. The lowest BCUT2D eigenvalue weighted by atomic mass is 10.3. The molecular formula is C15H14ClN3O3S. The Hall–Kier alpha value is -2.12. The van der Waals surface area contributed by atoms with Crippen molar-refractivity contribution < 1.29 is 14.3 Å². The molecule has 2 rings (SSSR count). The molecule has 23 heavy (non-hydrogen) atoms. The summed E-state index contributed by atoms with van der Waals surface area (Å²) in [4.78, 5) is 32.2. The van der Waals surface area contributed by atoms with Gasteiger partial charge in [-0.1, -0.05) is 11.6 Å². The highest BCUT2D eigenvalue weighted by atomic mass is 35.5. The number of hydrogen-bond acceptors (Lipinski definition) is 6. The van der Waals surface area contributed by atoms with Crippen LogP contribution in [0.15, 0.2) is 41.7 Å². The Morgan fingerprint density at radius 3 is 2.74 bits per heavy atom. The van der Waals surface area contributed by atoms with Crippen molar-refractivity contribution in [3.63, 3.8) is 0 Å². The van der Waals surface area contributed by atoms with Crippen LogP contribution in [0, 0.1) is 0 Å². The van der Waals surface area contributed by atoms with E-state index in [1.54, 1.807) is 36.7 Å². The van der Waals surface area contributed by atoms with E-state index in [1.165, 1.54) is 24.9 Å². The number of ether oxygens (including phenoxy) is 1. The molecule has 1 amide bonds. The molecule has 2 heterocycles. The van der Waals surface area contributed by atoms with Crippen LogP contribution in [0.2, 0.25) is 5.02 Å². The van der Waals surface area contributed by atoms with Crippen LogP contribution in [-0.4, -0.2) is 34.2 Å². The summed E-state index contributed by atoms with van der Waals surface area (Å²) in [6.45, 7) is 1.48. The van der Waals surface area contributed by atoms with Crippen molar-refractivity contribution in [2.75, 3.05) is 11.6 Å². The Morgan fingerprint density at radius 2 is 2.09 bits per heavy atom. The maximum atomic E-state index is 12.1. The zero-order valence-corrected chi connectivity index (χ0v) is 14.0. The van der Waals surface area contributed by atoms with Crippen LogP contribution in [0.25, 0.3) is 0 Å². The van der Waals surface area contributed by atoms with Crippen LogP contribution >= 0.6 is 23.4 Å². The summed E-state index contributed by atoms with van der Waals surface area (Å²) in [7, 11) is 0. The average Bonchev–Trinajstić information content (AvgIpc) is 2.56. The number of carbonyl (C=O) groups excluding carboxylic acids is 2. The molecule has 0 radical (unpaired) electrons. The predicted octanol–water partition coefficient (Wildman–Crippen LogP) is 3.04. The first kappa shape index (κ1) is 17.2. The number of nitrogens with zero attached hydrogens (tertiary/aromatic N) is 2.